The maximum Gasteiger partial charge on any atom is 0.230 e. The highest BCUT2D eigenvalue weighted by molar-refractivity contribution is 5.91. The minimum atomic E-state index is -0.250. The maximum atomic E-state index is 12.6. The summed E-state index contributed by atoms with van der Waals surface area (Å²) in [6, 6.07) is 10.6. The van der Waals surface area contributed by atoms with E-state index in [9.17, 15) is 4.79 Å². The predicted molar refractivity (Wildman–Crippen MR) is 92.4 cm³/mol. The number of piperidine rings is 1. The van der Waals surface area contributed by atoms with Crippen LogP contribution in [0.2, 0.25) is 0 Å². The fourth-order valence-corrected chi connectivity index (χ4v) is 3.51. The van der Waals surface area contributed by atoms with Crippen molar-refractivity contribution in [2.24, 2.45) is 5.41 Å². The minimum Gasteiger partial charge on any atom is -0.354 e. The molecule has 122 valence electrons. The Morgan fingerprint density at radius 2 is 1.91 bits per heavy atom. The van der Waals surface area contributed by atoms with Gasteiger partial charge < -0.3 is 10.6 Å². The summed E-state index contributed by atoms with van der Waals surface area (Å²) < 4.78 is 0. The van der Waals surface area contributed by atoms with Gasteiger partial charge in [-0.15, -0.1) is 12.4 Å². The number of rotatable bonds is 4. The largest absolute Gasteiger partial charge is 0.354 e. The van der Waals surface area contributed by atoms with E-state index in [4.69, 9.17) is 0 Å². The molecule has 1 aromatic rings. The predicted octanol–water partition coefficient (Wildman–Crippen LogP) is 3.03. The zero-order chi connectivity index (χ0) is 14.9. The van der Waals surface area contributed by atoms with Crippen LogP contribution in [-0.4, -0.2) is 25.0 Å². The van der Waals surface area contributed by atoms with E-state index in [1.165, 1.54) is 18.4 Å². The fourth-order valence-electron chi connectivity index (χ4n) is 3.51. The van der Waals surface area contributed by atoms with Gasteiger partial charge in [0, 0.05) is 12.6 Å². The van der Waals surface area contributed by atoms with E-state index in [2.05, 4.69) is 36.6 Å². The summed E-state index contributed by atoms with van der Waals surface area (Å²) in [5.74, 6) is 0.205. The summed E-state index contributed by atoms with van der Waals surface area (Å²) in [4.78, 5) is 12.6. The van der Waals surface area contributed by atoms with Crippen LogP contribution in [0.15, 0.2) is 30.3 Å². The number of amides is 1. The smallest absolute Gasteiger partial charge is 0.230 e. The van der Waals surface area contributed by atoms with E-state index in [-0.39, 0.29) is 29.1 Å². The highest BCUT2D eigenvalue weighted by atomic mass is 35.5. The average Bonchev–Trinajstić information content (AvgIpc) is 3.28. The molecule has 2 fully saturated rings. The lowest BCUT2D eigenvalue weighted by Crippen LogP contribution is -2.53. The highest BCUT2D eigenvalue weighted by Gasteiger charge is 2.51. The van der Waals surface area contributed by atoms with Crippen molar-refractivity contribution in [2.45, 2.75) is 51.0 Å². The number of halogens is 1. The summed E-state index contributed by atoms with van der Waals surface area (Å²) in [6.45, 7) is 6.38. The van der Waals surface area contributed by atoms with Gasteiger partial charge in [-0.2, -0.15) is 0 Å². The van der Waals surface area contributed by atoms with Crippen LogP contribution in [0.4, 0.5) is 0 Å². The zero-order valence-corrected chi connectivity index (χ0v) is 14.3. The molecule has 0 bridgehead atoms. The van der Waals surface area contributed by atoms with Crippen LogP contribution < -0.4 is 10.6 Å². The Hall–Kier alpha value is -1.06. The topological polar surface area (TPSA) is 41.1 Å². The number of hydrogen-bond acceptors (Lipinski definition) is 2. The summed E-state index contributed by atoms with van der Waals surface area (Å²) >= 11 is 0. The Kier molecular flexibility index (Phi) is 5.18. The first-order valence-electron chi connectivity index (χ1n) is 8.12. The van der Waals surface area contributed by atoms with Crippen LogP contribution in [0.25, 0.3) is 0 Å². The molecule has 1 atom stereocenters. The summed E-state index contributed by atoms with van der Waals surface area (Å²) in [5, 5.41) is 6.77. The molecule has 1 heterocycles. The number of carbonyl (C=O) groups excluding carboxylic acids is 1. The molecule has 0 aromatic heterocycles. The molecule has 3 rings (SSSR count). The standard InChI is InChI=1S/C18H26N2O.ClH/c1-17(2)9-6-12-19-15(17)13-20-16(21)18(10-11-18)14-7-4-3-5-8-14;/h3-5,7-8,15,19H,6,9-13H2,1-2H3,(H,20,21);1H. The molecule has 1 aliphatic heterocycles. The van der Waals surface area contributed by atoms with E-state index < -0.39 is 0 Å². The minimum absolute atomic E-state index is 0. The maximum absolute atomic E-state index is 12.6. The molecule has 22 heavy (non-hydrogen) atoms. The second kappa shape index (κ2) is 6.59. The van der Waals surface area contributed by atoms with Crippen LogP contribution in [-0.2, 0) is 10.2 Å². The van der Waals surface area contributed by atoms with Crippen molar-refractivity contribution in [1.82, 2.24) is 10.6 Å². The lowest BCUT2D eigenvalue weighted by atomic mass is 9.77. The second-order valence-electron chi connectivity index (χ2n) is 7.26. The fraction of sp³-hybridized carbons (Fsp3) is 0.611. The molecule has 3 nitrogen and oxygen atoms in total. The van der Waals surface area contributed by atoms with Gasteiger partial charge in [0.25, 0.3) is 0 Å². The highest BCUT2D eigenvalue weighted by Crippen LogP contribution is 2.48. The van der Waals surface area contributed by atoms with Crippen molar-refractivity contribution in [3.05, 3.63) is 35.9 Å². The third kappa shape index (κ3) is 3.31. The molecule has 2 aliphatic rings. The molecular weight excluding hydrogens is 296 g/mol. The molecule has 1 saturated carbocycles. The number of hydrogen-bond donors (Lipinski definition) is 2. The zero-order valence-electron chi connectivity index (χ0n) is 13.5. The van der Waals surface area contributed by atoms with Gasteiger partial charge in [0.15, 0.2) is 0 Å². The van der Waals surface area contributed by atoms with Gasteiger partial charge in [-0.3, -0.25) is 4.79 Å². The molecule has 1 unspecified atom stereocenters. The molecule has 1 aliphatic carbocycles. The molecule has 4 heteroatoms. The van der Waals surface area contributed by atoms with Crippen molar-refractivity contribution >= 4 is 18.3 Å². The van der Waals surface area contributed by atoms with Gasteiger partial charge in [-0.25, -0.2) is 0 Å². The molecule has 0 spiro atoms. The molecule has 1 aromatic carbocycles. The first-order valence-corrected chi connectivity index (χ1v) is 8.12. The number of benzene rings is 1. The van der Waals surface area contributed by atoms with E-state index in [0.29, 0.717) is 6.04 Å². The van der Waals surface area contributed by atoms with Gasteiger partial charge >= 0.3 is 0 Å². The molecule has 2 N–H and O–H groups in total. The van der Waals surface area contributed by atoms with Gasteiger partial charge in [0.05, 0.1) is 5.41 Å². The van der Waals surface area contributed by atoms with E-state index in [1.807, 2.05) is 18.2 Å². The van der Waals surface area contributed by atoms with Crippen LogP contribution in [0.3, 0.4) is 0 Å². The Bertz CT molecular complexity index is 511. The van der Waals surface area contributed by atoms with Crippen LogP contribution in [0.1, 0.15) is 45.1 Å². The first-order chi connectivity index (χ1) is 10.0. The molecule has 1 saturated heterocycles. The van der Waals surface area contributed by atoms with Crippen LogP contribution >= 0.6 is 12.4 Å². The molecule has 0 radical (unpaired) electrons. The van der Waals surface area contributed by atoms with Gasteiger partial charge in [-0.05, 0) is 43.2 Å². The van der Waals surface area contributed by atoms with Gasteiger partial charge in [0.1, 0.15) is 0 Å². The van der Waals surface area contributed by atoms with E-state index in [0.717, 1.165) is 25.9 Å². The van der Waals surface area contributed by atoms with E-state index >= 15 is 0 Å². The number of nitrogens with one attached hydrogen (secondary N) is 2. The second-order valence-corrected chi connectivity index (χ2v) is 7.26. The Labute approximate surface area is 139 Å². The Morgan fingerprint density at radius 1 is 1.23 bits per heavy atom. The lowest BCUT2D eigenvalue weighted by molar-refractivity contribution is -0.123. The third-order valence-electron chi connectivity index (χ3n) is 5.31. The van der Waals surface area contributed by atoms with Crippen LogP contribution in [0, 0.1) is 5.41 Å². The Balaban J connectivity index is 0.00000176. The SMILES string of the molecule is CC1(C)CCCNC1CNC(=O)C1(c2ccccc2)CC1.Cl. The molecule has 1 amide bonds. The lowest BCUT2D eigenvalue weighted by Gasteiger charge is -2.39. The summed E-state index contributed by atoms with van der Waals surface area (Å²) in [5.41, 5.74) is 1.17. The molecular formula is C18H27ClN2O. The first kappa shape index (κ1) is 17.3. The van der Waals surface area contributed by atoms with E-state index in [1.54, 1.807) is 0 Å². The van der Waals surface area contributed by atoms with Crippen molar-refractivity contribution < 1.29 is 4.79 Å². The third-order valence-corrected chi connectivity index (χ3v) is 5.31. The average molecular weight is 323 g/mol. The van der Waals surface area contributed by atoms with Crippen molar-refractivity contribution in [1.29, 1.82) is 0 Å². The van der Waals surface area contributed by atoms with Gasteiger partial charge in [-0.1, -0.05) is 44.2 Å². The van der Waals surface area contributed by atoms with Gasteiger partial charge in [0.2, 0.25) is 5.91 Å². The summed E-state index contributed by atoms with van der Waals surface area (Å²) in [7, 11) is 0. The van der Waals surface area contributed by atoms with Crippen molar-refractivity contribution in [3.8, 4) is 0 Å². The van der Waals surface area contributed by atoms with Crippen LogP contribution in [0.5, 0.6) is 0 Å². The Morgan fingerprint density at radius 3 is 2.50 bits per heavy atom. The van der Waals surface area contributed by atoms with Crippen molar-refractivity contribution in [3.63, 3.8) is 0 Å². The number of carbonyl (C=O) groups is 1. The monoisotopic (exact) mass is 322 g/mol. The normalized spacial score (nSPS) is 24.9. The quantitative estimate of drug-likeness (QED) is 0.894. The summed E-state index contributed by atoms with van der Waals surface area (Å²) in [6.07, 6.45) is 4.41. The van der Waals surface area contributed by atoms with Crippen molar-refractivity contribution in [2.75, 3.05) is 13.1 Å².